The molecule has 0 aliphatic carbocycles. The summed E-state index contributed by atoms with van der Waals surface area (Å²) in [6, 6.07) is 5.83. The van der Waals surface area contributed by atoms with Gasteiger partial charge in [0.15, 0.2) is 11.5 Å². The molecule has 2 unspecified atom stereocenters. The molecule has 7 heteroatoms. The van der Waals surface area contributed by atoms with Gasteiger partial charge in [-0.25, -0.2) is 0 Å². The first-order chi connectivity index (χ1) is 13.6. The summed E-state index contributed by atoms with van der Waals surface area (Å²) in [5.41, 5.74) is 3.37. The fourth-order valence-corrected chi connectivity index (χ4v) is 5.29. The molecule has 1 amide bonds. The highest BCUT2D eigenvalue weighted by molar-refractivity contribution is 7.51. The van der Waals surface area contributed by atoms with E-state index in [0.717, 1.165) is 42.8 Å². The highest BCUT2D eigenvalue weighted by atomic mass is 31.1. The van der Waals surface area contributed by atoms with E-state index in [9.17, 15) is 4.79 Å². The van der Waals surface area contributed by atoms with Crippen LogP contribution in [-0.2, 0) is 4.79 Å². The molecule has 0 spiro atoms. The largest absolute Gasteiger partial charge is 0.493 e. The number of methoxy groups -OCH3 is 2. The predicted molar refractivity (Wildman–Crippen MR) is 113 cm³/mol. The van der Waals surface area contributed by atoms with E-state index in [2.05, 4.69) is 23.2 Å². The second kappa shape index (κ2) is 7.98. The van der Waals surface area contributed by atoms with Crippen LogP contribution in [0.3, 0.4) is 0 Å². The molecule has 1 N–H and O–H groups in total. The molecule has 4 rings (SSSR count). The molecule has 2 atom stereocenters. The number of benzene rings is 1. The molecule has 3 aliphatic rings. The second-order valence-corrected chi connectivity index (χ2v) is 8.47. The van der Waals surface area contributed by atoms with Gasteiger partial charge in [0.1, 0.15) is 0 Å². The number of hydrogen-bond acceptors (Lipinski definition) is 5. The molecule has 0 bridgehead atoms. The number of rotatable bonds is 4. The zero-order chi connectivity index (χ0) is 19.7. The van der Waals surface area contributed by atoms with Crippen LogP contribution in [0.2, 0.25) is 0 Å². The van der Waals surface area contributed by atoms with Crippen LogP contribution in [-0.4, -0.2) is 61.9 Å². The minimum Gasteiger partial charge on any atom is -0.493 e. The molecular formula is C21H26N3O3P. The molecule has 6 nitrogen and oxygen atoms in total. The molecule has 3 heterocycles. The Morgan fingerprint density at radius 3 is 2.57 bits per heavy atom. The van der Waals surface area contributed by atoms with E-state index < -0.39 is 0 Å². The smallest absolute Gasteiger partial charge is 0.252 e. The average Bonchev–Trinajstić information content (AvgIpc) is 2.74. The molecule has 0 radical (unpaired) electrons. The van der Waals surface area contributed by atoms with Gasteiger partial charge in [0.05, 0.1) is 25.7 Å². The summed E-state index contributed by atoms with van der Waals surface area (Å²) in [5, 5.41) is 4.43. The normalized spacial score (nSPS) is 23.0. The van der Waals surface area contributed by atoms with Crippen LogP contribution in [0.15, 0.2) is 47.8 Å². The van der Waals surface area contributed by atoms with Gasteiger partial charge in [-0.3, -0.25) is 4.79 Å². The summed E-state index contributed by atoms with van der Waals surface area (Å²) in [5.74, 6) is 1.49. The average molecular weight is 399 g/mol. The minimum atomic E-state index is 0.0358. The Labute approximate surface area is 167 Å². The van der Waals surface area contributed by atoms with Gasteiger partial charge in [0, 0.05) is 38.5 Å². The van der Waals surface area contributed by atoms with Crippen molar-refractivity contribution in [2.24, 2.45) is 0 Å². The fourth-order valence-electron chi connectivity index (χ4n) is 3.81. The highest BCUT2D eigenvalue weighted by Gasteiger charge is 2.32. The number of nitrogens with zero attached hydrogens (tertiary/aromatic N) is 2. The Morgan fingerprint density at radius 2 is 1.86 bits per heavy atom. The minimum absolute atomic E-state index is 0.0358. The van der Waals surface area contributed by atoms with Gasteiger partial charge >= 0.3 is 0 Å². The van der Waals surface area contributed by atoms with E-state index in [4.69, 9.17) is 9.47 Å². The lowest BCUT2D eigenvalue weighted by Crippen LogP contribution is -2.45. The summed E-state index contributed by atoms with van der Waals surface area (Å²) in [7, 11) is 3.74. The van der Waals surface area contributed by atoms with Gasteiger partial charge < -0.3 is 24.6 Å². The van der Waals surface area contributed by atoms with Crippen molar-refractivity contribution < 1.29 is 14.3 Å². The third-order valence-electron chi connectivity index (χ3n) is 5.35. The number of nitrogens with one attached hydrogen (secondary N) is 1. The molecule has 1 saturated heterocycles. The van der Waals surface area contributed by atoms with E-state index in [-0.39, 0.29) is 11.7 Å². The maximum Gasteiger partial charge on any atom is 0.252 e. The van der Waals surface area contributed by atoms with Crippen molar-refractivity contribution in [3.8, 4) is 11.5 Å². The van der Waals surface area contributed by atoms with Crippen LogP contribution in [0.4, 0.5) is 0 Å². The Kier molecular flexibility index (Phi) is 5.42. The van der Waals surface area contributed by atoms with Crippen molar-refractivity contribution in [3.63, 3.8) is 0 Å². The molecule has 1 aromatic carbocycles. The molecular weight excluding hydrogens is 373 g/mol. The quantitative estimate of drug-likeness (QED) is 0.789. The topological polar surface area (TPSA) is 54.0 Å². The molecule has 1 aromatic rings. The lowest BCUT2D eigenvalue weighted by molar-refractivity contribution is -0.124. The third-order valence-corrected chi connectivity index (χ3v) is 7.10. The van der Waals surface area contributed by atoms with Gasteiger partial charge in [0.25, 0.3) is 5.91 Å². The summed E-state index contributed by atoms with van der Waals surface area (Å²) in [6.07, 6.45) is 6.03. The number of amides is 1. The van der Waals surface area contributed by atoms with E-state index in [0.29, 0.717) is 20.1 Å². The van der Waals surface area contributed by atoms with Crippen LogP contribution < -0.4 is 14.8 Å². The Balaban J connectivity index is 1.62. The van der Waals surface area contributed by atoms with E-state index >= 15 is 0 Å². The zero-order valence-corrected chi connectivity index (χ0v) is 17.5. The monoisotopic (exact) mass is 399 g/mol. The number of hydrogen-bond donors (Lipinski definition) is 1. The Morgan fingerprint density at radius 1 is 1.11 bits per heavy atom. The van der Waals surface area contributed by atoms with E-state index in [1.165, 1.54) is 5.57 Å². The number of ether oxygens (including phenoxy) is 2. The Hall–Kier alpha value is -2.30. The van der Waals surface area contributed by atoms with E-state index in [1.54, 1.807) is 20.3 Å². The Bertz CT molecular complexity index is 872. The summed E-state index contributed by atoms with van der Waals surface area (Å²) in [6.45, 7) is 6.03. The fraction of sp³-hybridized carbons (Fsp3) is 0.381. The van der Waals surface area contributed by atoms with Crippen molar-refractivity contribution >= 4 is 19.8 Å². The first kappa shape index (κ1) is 19.0. The van der Waals surface area contributed by atoms with Crippen LogP contribution in [0.5, 0.6) is 11.5 Å². The van der Waals surface area contributed by atoms with Crippen molar-refractivity contribution in [1.29, 1.82) is 0 Å². The first-order valence-corrected chi connectivity index (χ1v) is 10.6. The SMILES string of the molecule is COc1ccc(C2=CC(=O)N3C=C(N4CCNCC4)C=C(C)C3P2)cc1OC. The molecule has 28 heavy (non-hydrogen) atoms. The lowest BCUT2D eigenvalue weighted by Gasteiger charge is -2.40. The van der Waals surface area contributed by atoms with Crippen LogP contribution in [0, 0.1) is 0 Å². The van der Waals surface area contributed by atoms with Gasteiger partial charge in [-0.15, -0.1) is 0 Å². The summed E-state index contributed by atoms with van der Waals surface area (Å²) < 4.78 is 10.8. The van der Waals surface area contributed by atoms with Crippen molar-refractivity contribution in [3.05, 3.63) is 53.4 Å². The van der Waals surface area contributed by atoms with Gasteiger partial charge in [-0.2, -0.15) is 0 Å². The molecule has 3 aliphatic heterocycles. The second-order valence-electron chi connectivity index (χ2n) is 7.10. The van der Waals surface area contributed by atoms with Crippen LogP contribution in [0.1, 0.15) is 12.5 Å². The molecule has 1 fully saturated rings. The molecule has 0 saturated carbocycles. The highest BCUT2D eigenvalue weighted by Crippen LogP contribution is 2.48. The van der Waals surface area contributed by atoms with Crippen LogP contribution >= 0.6 is 8.58 Å². The van der Waals surface area contributed by atoms with Gasteiger partial charge in [0.2, 0.25) is 0 Å². The molecule has 0 aromatic heterocycles. The molecule has 148 valence electrons. The standard InChI is InChI=1S/C21H26N3O3P/c1-14-10-16(23-8-6-22-7-9-23)13-24-20(25)12-19(28-21(14)24)15-4-5-17(26-2)18(11-15)27-3/h4-5,10-13,21-22,28H,6-9H2,1-3H3. The number of piperazine rings is 1. The predicted octanol–water partition coefficient (Wildman–Crippen LogP) is 2.60. The first-order valence-electron chi connectivity index (χ1n) is 9.49. The lowest BCUT2D eigenvalue weighted by atomic mass is 10.1. The summed E-state index contributed by atoms with van der Waals surface area (Å²) in [4.78, 5) is 17.2. The van der Waals surface area contributed by atoms with Crippen molar-refractivity contribution in [2.75, 3.05) is 40.4 Å². The summed E-state index contributed by atoms with van der Waals surface area (Å²) >= 11 is 0. The number of allylic oxidation sites excluding steroid dienone is 1. The maximum absolute atomic E-state index is 13.0. The number of carbonyl (C=O) groups excluding carboxylic acids is 1. The van der Waals surface area contributed by atoms with Crippen LogP contribution in [0.25, 0.3) is 5.31 Å². The van der Waals surface area contributed by atoms with Gasteiger partial charge in [-0.05, 0) is 41.6 Å². The van der Waals surface area contributed by atoms with Gasteiger partial charge in [-0.1, -0.05) is 14.6 Å². The van der Waals surface area contributed by atoms with Crippen molar-refractivity contribution in [1.82, 2.24) is 15.1 Å². The maximum atomic E-state index is 13.0. The number of fused-ring (bicyclic) bond motifs is 1. The van der Waals surface area contributed by atoms with E-state index in [1.807, 2.05) is 29.3 Å². The zero-order valence-electron chi connectivity index (χ0n) is 16.5. The van der Waals surface area contributed by atoms with Crippen molar-refractivity contribution in [2.45, 2.75) is 12.7 Å². The number of carbonyl (C=O) groups is 1. The third kappa shape index (κ3) is 3.54.